The third-order valence-electron chi connectivity index (χ3n) is 5.17. The number of nitriles is 1. The van der Waals surface area contributed by atoms with Crippen molar-refractivity contribution >= 4 is 16.8 Å². The fraction of sp³-hybridized carbons (Fsp3) is 0.273. The number of hydrogen-bond donors (Lipinski definition) is 3. The molecule has 1 aliphatic rings. The summed E-state index contributed by atoms with van der Waals surface area (Å²) in [7, 11) is 1.62. The maximum atomic E-state index is 13.0. The molecule has 0 spiro atoms. The van der Waals surface area contributed by atoms with Gasteiger partial charge < -0.3 is 25.1 Å². The molecule has 7 nitrogen and oxygen atoms in total. The summed E-state index contributed by atoms with van der Waals surface area (Å²) in [5.74, 6) is 0.759. The van der Waals surface area contributed by atoms with Crippen LogP contribution in [0.15, 0.2) is 36.5 Å². The van der Waals surface area contributed by atoms with Gasteiger partial charge in [0.05, 0.1) is 18.2 Å². The Balaban J connectivity index is 1.61. The Labute approximate surface area is 168 Å². The predicted octanol–water partition coefficient (Wildman–Crippen LogP) is 2.64. The molecule has 0 atom stereocenters. The molecule has 0 bridgehead atoms. The summed E-state index contributed by atoms with van der Waals surface area (Å²) in [6.07, 6.45) is 1.84. The molecule has 1 amide bonds. The lowest BCUT2D eigenvalue weighted by Crippen LogP contribution is -2.50. The van der Waals surface area contributed by atoms with E-state index in [2.05, 4.69) is 21.7 Å². The van der Waals surface area contributed by atoms with Crippen LogP contribution in [-0.2, 0) is 6.54 Å². The number of para-hydroxylation sites is 1. The molecule has 0 unspecified atom stereocenters. The number of ether oxygens (including phenoxy) is 2. The fourth-order valence-electron chi connectivity index (χ4n) is 3.51. The van der Waals surface area contributed by atoms with Crippen LogP contribution < -0.4 is 20.1 Å². The van der Waals surface area contributed by atoms with Crippen LogP contribution in [0, 0.1) is 18.3 Å². The summed E-state index contributed by atoms with van der Waals surface area (Å²) < 4.78 is 11.5. The van der Waals surface area contributed by atoms with Gasteiger partial charge in [-0.15, -0.1) is 0 Å². The Hall–Kier alpha value is -3.50. The van der Waals surface area contributed by atoms with Crippen molar-refractivity contribution < 1.29 is 14.3 Å². The van der Waals surface area contributed by atoms with Crippen molar-refractivity contribution in [1.29, 1.82) is 5.26 Å². The zero-order chi connectivity index (χ0) is 20.4. The minimum Gasteiger partial charge on any atom is -0.496 e. The van der Waals surface area contributed by atoms with Crippen LogP contribution in [0.4, 0.5) is 0 Å². The highest BCUT2D eigenvalue weighted by Gasteiger charge is 2.24. The first-order valence-electron chi connectivity index (χ1n) is 9.44. The molecule has 148 valence electrons. The number of nitrogens with one attached hydrogen (secondary N) is 3. The second-order valence-electron chi connectivity index (χ2n) is 7.02. The van der Waals surface area contributed by atoms with E-state index in [1.807, 2.05) is 25.3 Å². The highest BCUT2D eigenvalue weighted by molar-refractivity contribution is 5.98. The van der Waals surface area contributed by atoms with Crippen molar-refractivity contribution in [2.75, 3.05) is 20.2 Å². The Morgan fingerprint density at radius 2 is 2.17 bits per heavy atom. The third-order valence-corrected chi connectivity index (χ3v) is 5.17. The average Bonchev–Trinajstić information content (AvgIpc) is 3.19. The minimum atomic E-state index is -0.296. The van der Waals surface area contributed by atoms with Gasteiger partial charge in [-0.3, -0.25) is 4.79 Å². The summed E-state index contributed by atoms with van der Waals surface area (Å²) >= 11 is 0. The molecule has 7 heteroatoms. The lowest BCUT2D eigenvalue weighted by Gasteiger charge is -2.29. The van der Waals surface area contributed by atoms with Crippen molar-refractivity contribution in [3.05, 3.63) is 58.8 Å². The maximum Gasteiger partial charge on any atom is 0.255 e. The monoisotopic (exact) mass is 390 g/mol. The van der Waals surface area contributed by atoms with Crippen molar-refractivity contribution in [2.45, 2.75) is 19.6 Å². The molecule has 3 N–H and O–H groups in total. The second-order valence-corrected chi connectivity index (χ2v) is 7.02. The first-order valence-corrected chi connectivity index (χ1v) is 9.44. The van der Waals surface area contributed by atoms with Crippen LogP contribution in [-0.4, -0.2) is 37.2 Å². The number of fused-ring (bicyclic) bond motifs is 1. The van der Waals surface area contributed by atoms with Crippen molar-refractivity contribution in [2.24, 2.45) is 0 Å². The molecule has 0 saturated carbocycles. The number of aryl methyl sites for hydroxylation is 1. The number of hydrogen-bond acceptors (Lipinski definition) is 5. The number of methoxy groups -OCH3 is 1. The molecule has 1 fully saturated rings. The van der Waals surface area contributed by atoms with Crippen molar-refractivity contribution in [3.8, 4) is 17.6 Å². The topological polar surface area (TPSA) is 99.2 Å². The number of aromatic amines is 1. The maximum absolute atomic E-state index is 13.0. The van der Waals surface area contributed by atoms with Crippen LogP contribution in [0.5, 0.6) is 11.5 Å². The number of nitrogens with zero attached hydrogens (tertiary/aromatic N) is 1. The SMILES string of the molecule is COc1cc(C)c2[nH]ccc2c1CNC(=O)c1cccc(C#N)c1OC1CNC1. The lowest BCUT2D eigenvalue weighted by molar-refractivity contribution is 0.0935. The highest BCUT2D eigenvalue weighted by Crippen LogP contribution is 2.31. The largest absolute Gasteiger partial charge is 0.496 e. The first-order chi connectivity index (χ1) is 14.1. The van der Waals surface area contributed by atoms with Crippen LogP contribution in [0.1, 0.15) is 27.0 Å². The quantitative estimate of drug-likeness (QED) is 0.601. The molecule has 1 saturated heterocycles. The van der Waals surface area contributed by atoms with Gasteiger partial charge in [-0.05, 0) is 36.8 Å². The number of H-pyrrole nitrogens is 1. The number of benzene rings is 2. The smallest absolute Gasteiger partial charge is 0.255 e. The highest BCUT2D eigenvalue weighted by atomic mass is 16.5. The molecular formula is C22H22N4O3. The van der Waals surface area contributed by atoms with E-state index in [1.54, 1.807) is 25.3 Å². The van der Waals surface area contributed by atoms with Gasteiger partial charge in [-0.1, -0.05) is 6.07 Å². The van der Waals surface area contributed by atoms with Gasteiger partial charge in [-0.25, -0.2) is 0 Å². The van der Waals surface area contributed by atoms with Gasteiger partial charge in [0, 0.05) is 42.3 Å². The van der Waals surface area contributed by atoms with E-state index in [-0.39, 0.29) is 18.6 Å². The third kappa shape index (κ3) is 3.50. The number of rotatable bonds is 6. The fourth-order valence-corrected chi connectivity index (χ4v) is 3.51. The number of carbonyl (C=O) groups excluding carboxylic acids is 1. The summed E-state index contributed by atoms with van der Waals surface area (Å²) in [5, 5.41) is 16.5. The zero-order valence-corrected chi connectivity index (χ0v) is 16.3. The molecule has 2 aromatic carbocycles. The molecule has 1 aromatic heterocycles. The van der Waals surface area contributed by atoms with Crippen molar-refractivity contribution in [3.63, 3.8) is 0 Å². The van der Waals surface area contributed by atoms with Crippen LogP contribution >= 0.6 is 0 Å². The first kappa shape index (κ1) is 18.8. The average molecular weight is 390 g/mol. The van der Waals surface area contributed by atoms with E-state index in [0.717, 1.165) is 27.8 Å². The van der Waals surface area contributed by atoms with Crippen LogP contribution in [0.2, 0.25) is 0 Å². The summed E-state index contributed by atoms with van der Waals surface area (Å²) in [6, 6.07) is 11.1. The Kier molecular flexibility index (Phi) is 5.10. The minimum absolute atomic E-state index is 0.0345. The van der Waals surface area contributed by atoms with Gasteiger partial charge in [0.25, 0.3) is 5.91 Å². The van der Waals surface area contributed by atoms with E-state index >= 15 is 0 Å². The number of carbonyl (C=O) groups is 1. The number of aromatic nitrogens is 1. The Morgan fingerprint density at radius 1 is 1.34 bits per heavy atom. The molecule has 1 aliphatic heterocycles. The van der Waals surface area contributed by atoms with E-state index in [4.69, 9.17) is 9.47 Å². The molecule has 29 heavy (non-hydrogen) atoms. The van der Waals surface area contributed by atoms with Gasteiger partial charge in [0.2, 0.25) is 0 Å². The van der Waals surface area contributed by atoms with Gasteiger partial charge in [0.1, 0.15) is 23.7 Å². The van der Waals surface area contributed by atoms with Crippen LogP contribution in [0.3, 0.4) is 0 Å². The van der Waals surface area contributed by atoms with Gasteiger partial charge in [-0.2, -0.15) is 5.26 Å². The van der Waals surface area contributed by atoms with E-state index in [0.29, 0.717) is 30.0 Å². The van der Waals surface area contributed by atoms with E-state index in [9.17, 15) is 10.1 Å². The van der Waals surface area contributed by atoms with E-state index < -0.39 is 0 Å². The Morgan fingerprint density at radius 3 is 2.86 bits per heavy atom. The second kappa shape index (κ2) is 7.86. The van der Waals surface area contributed by atoms with E-state index in [1.165, 1.54) is 0 Å². The molecule has 4 rings (SSSR count). The standard InChI is InChI=1S/C22H22N4O3/c1-13-8-19(28-2)18(16-6-7-25-20(13)16)12-26-22(27)17-5-3-4-14(9-23)21(17)29-15-10-24-11-15/h3-8,15,24-25H,10-12H2,1-2H3,(H,26,27). The molecule has 3 aromatic rings. The molecule has 0 aliphatic carbocycles. The van der Waals surface area contributed by atoms with Crippen molar-refractivity contribution in [1.82, 2.24) is 15.6 Å². The van der Waals surface area contributed by atoms with Gasteiger partial charge >= 0.3 is 0 Å². The summed E-state index contributed by atoms with van der Waals surface area (Å²) in [6.45, 7) is 3.70. The Bertz CT molecular complexity index is 1110. The normalized spacial score (nSPS) is 13.6. The number of amides is 1. The predicted molar refractivity (Wildman–Crippen MR) is 109 cm³/mol. The molecule has 2 heterocycles. The molecular weight excluding hydrogens is 368 g/mol. The summed E-state index contributed by atoms with van der Waals surface area (Å²) in [4.78, 5) is 16.2. The van der Waals surface area contributed by atoms with Gasteiger partial charge in [0.15, 0.2) is 0 Å². The summed E-state index contributed by atoms with van der Waals surface area (Å²) in [5.41, 5.74) is 3.69. The van der Waals surface area contributed by atoms with Crippen LogP contribution in [0.25, 0.3) is 10.9 Å². The lowest BCUT2D eigenvalue weighted by atomic mass is 10.0. The zero-order valence-electron chi connectivity index (χ0n) is 16.3. The molecule has 0 radical (unpaired) electrons.